The Bertz CT molecular complexity index is 5500. The number of hydrogen-bond donors (Lipinski definition) is 0. The standard InChI is InChI=1S/C84H54N12/c1-7-25-55(26-8-1)79-85-88-82(94(79)61-31-13-4-14-32-61)58-43-49-64(50-44-58)91-70-40-22-19-37-67(70)73-76(91)74-68-38-20-23-41-71(68)92(65-51-45-59(46-52-65)83-89-86-80(56-27-9-2-10-28-56)95(83)62-33-15-5-16-34-62)78(74)75-69-39-21-24-42-72(69)93(77(73)75)66-53-47-60(48-54-66)84-90-87-81(57-29-11-3-12-30-57)96(84)63-35-17-6-18-36-63/h1-54H. The van der Waals surface area contributed by atoms with E-state index in [0.29, 0.717) is 0 Å². The second-order valence-corrected chi connectivity index (χ2v) is 24.0. The summed E-state index contributed by atoms with van der Waals surface area (Å²) in [6.07, 6.45) is 0. The topological polar surface area (TPSA) is 107 Å². The van der Waals surface area contributed by atoms with E-state index in [1.165, 1.54) is 0 Å². The van der Waals surface area contributed by atoms with Crippen molar-refractivity contribution in [3.05, 3.63) is 328 Å². The lowest BCUT2D eigenvalue weighted by Gasteiger charge is -2.15. The molecule has 0 atom stereocenters. The number of fused-ring (bicyclic) bond motifs is 12. The molecule has 0 spiro atoms. The molecule has 0 radical (unpaired) electrons. The summed E-state index contributed by atoms with van der Waals surface area (Å²) < 4.78 is 13.9. The maximum atomic E-state index is 4.93. The fourth-order valence-electron chi connectivity index (χ4n) is 14.4. The van der Waals surface area contributed by atoms with Crippen molar-refractivity contribution in [3.8, 4) is 102 Å². The molecule has 0 aliphatic rings. The van der Waals surface area contributed by atoms with Crippen molar-refractivity contribution >= 4 is 65.4 Å². The zero-order chi connectivity index (χ0) is 63.2. The zero-order valence-electron chi connectivity index (χ0n) is 51.5. The highest BCUT2D eigenvalue weighted by molar-refractivity contribution is 6.40. The summed E-state index contributed by atoms with van der Waals surface area (Å²) in [4.78, 5) is 0. The summed E-state index contributed by atoms with van der Waals surface area (Å²) in [5, 5.41) is 36.1. The van der Waals surface area contributed by atoms with Gasteiger partial charge in [-0.2, -0.15) is 0 Å². The first kappa shape index (κ1) is 54.4. The summed E-state index contributed by atoms with van der Waals surface area (Å²) in [5.74, 6) is 4.55. The largest absolute Gasteiger partial charge is 0.308 e. The monoisotopic (exact) mass is 1230 g/mol. The summed E-state index contributed by atoms with van der Waals surface area (Å²) in [5.41, 5.74) is 18.2. The van der Waals surface area contributed by atoms with Gasteiger partial charge >= 0.3 is 0 Å². The molecule has 0 amide bonds. The van der Waals surface area contributed by atoms with Crippen molar-refractivity contribution in [2.75, 3.05) is 0 Å². The van der Waals surface area contributed by atoms with Crippen LogP contribution in [0.15, 0.2) is 328 Å². The lowest BCUT2D eigenvalue weighted by atomic mass is 10.0. The molecule has 0 fully saturated rings. The van der Waals surface area contributed by atoms with Gasteiger partial charge in [-0.15, -0.1) is 30.6 Å². The van der Waals surface area contributed by atoms with Gasteiger partial charge in [-0.1, -0.05) is 200 Å². The fraction of sp³-hybridized carbons (Fsp3) is 0. The molecule has 0 saturated carbocycles. The maximum Gasteiger partial charge on any atom is 0.168 e. The number of aromatic nitrogens is 12. The lowest BCUT2D eigenvalue weighted by molar-refractivity contribution is 1.07. The quantitative estimate of drug-likeness (QED) is 0.121. The van der Waals surface area contributed by atoms with Crippen LogP contribution in [0.25, 0.3) is 168 Å². The minimum absolute atomic E-state index is 0.747. The number of para-hydroxylation sites is 6. The first-order valence-electron chi connectivity index (χ1n) is 32.1. The molecule has 0 unspecified atom stereocenters. The van der Waals surface area contributed by atoms with E-state index < -0.39 is 0 Å². The molecule has 96 heavy (non-hydrogen) atoms. The van der Waals surface area contributed by atoms with E-state index in [4.69, 9.17) is 30.6 Å². The predicted molar refractivity (Wildman–Crippen MR) is 387 cm³/mol. The minimum Gasteiger partial charge on any atom is -0.308 e. The highest BCUT2D eigenvalue weighted by atomic mass is 15.3. The second-order valence-electron chi connectivity index (χ2n) is 24.0. The summed E-state index contributed by atoms with van der Waals surface area (Å²) >= 11 is 0. The van der Waals surface area contributed by atoms with Crippen LogP contribution in [0.1, 0.15) is 0 Å². The van der Waals surface area contributed by atoms with Crippen molar-refractivity contribution in [1.29, 1.82) is 0 Å². The molecule has 450 valence electrons. The number of benzene rings is 13. The van der Waals surface area contributed by atoms with Crippen LogP contribution in [0.3, 0.4) is 0 Å². The number of nitrogens with zero attached hydrogens (tertiary/aromatic N) is 12. The van der Waals surface area contributed by atoms with Crippen LogP contribution in [-0.4, -0.2) is 58.0 Å². The molecular weight excluding hydrogens is 1180 g/mol. The van der Waals surface area contributed by atoms with E-state index in [1.54, 1.807) is 0 Å². The van der Waals surface area contributed by atoms with Crippen molar-refractivity contribution < 1.29 is 0 Å². The molecule has 0 bridgehead atoms. The van der Waals surface area contributed by atoms with Crippen LogP contribution in [0.5, 0.6) is 0 Å². The van der Waals surface area contributed by atoms with Crippen LogP contribution < -0.4 is 0 Å². The molecule has 12 nitrogen and oxygen atoms in total. The first-order chi connectivity index (χ1) is 47.7. The molecule has 0 aliphatic carbocycles. The fourth-order valence-corrected chi connectivity index (χ4v) is 14.4. The van der Waals surface area contributed by atoms with E-state index in [-0.39, 0.29) is 0 Å². The van der Waals surface area contributed by atoms with E-state index in [0.717, 1.165) is 168 Å². The third-order valence-corrected chi connectivity index (χ3v) is 18.6. The van der Waals surface area contributed by atoms with E-state index in [1.807, 2.05) is 72.8 Å². The molecule has 6 heterocycles. The smallest absolute Gasteiger partial charge is 0.168 e. The van der Waals surface area contributed by atoms with Gasteiger partial charge in [0, 0.05) is 99.8 Å². The average Bonchev–Trinajstić information content (AvgIpc) is 1.50. The van der Waals surface area contributed by atoms with Gasteiger partial charge in [0.05, 0.1) is 33.1 Å². The van der Waals surface area contributed by atoms with Crippen LogP contribution >= 0.6 is 0 Å². The lowest BCUT2D eigenvalue weighted by Crippen LogP contribution is -2.01. The normalized spacial score (nSPS) is 11.8. The summed E-state index contributed by atoms with van der Waals surface area (Å²) in [7, 11) is 0. The van der Waals surface area contributed by atoms with Crippen molar-refractivity contribution in [3.63, 3.8) is 0 Å². The minimum atomic E-state index is 0.747. The van der Waals surface area contributed by atoms with Gasteiger partial charge in [0.1, 0.15) is 0 Å². The molecule has 0 saturated heterocycles. The third kappa shape index (κ3) is 8.56. The summed E-state index contributed by atoms with van der Waals surface area (Å²) in [6, 6.07) is 115. The van der Waals surface area contributed by atoms with Gasteiger partial charge < -0.3 is 13.7 Å². The highest BCUT2D eigenvalue weighted by Gasteiger charge is 2.30. The molecule has 19 aromatic rings. The van der Waals surface area contributed by atoms with Crippen molar-refractivity contribution in [1.82, 2.24) is 58.0 Å². The van der Waals surface area contributed by atoms with E-state index >= 15 is 0 Å². The Morgan fingerprint density at radius 3 is 0.583 bits per heavy atom. The molecule has 6 aromatic heterocycles. The van der Waals surface area contributed by atoms with Gasteiger partial charge in [-0.3, -0.25) is 13.7 Å². The Kier molecular flexibility index (Phi) is 12.6. The Labute approximate surface area is 550 Å². The van der Waals surface area contributed by atoms with Crippen molar-refractivity contribution in [2.24, 2.45) is 0 Å². The number of rotatable bonds is 12. The van der Waals surface area contributed by atoms with Crippen LogP contribution in [0.4, 0.5) is 0 Å². The molecular formula is C84H54N12. The zero-order valence-corrected chi connectivity index (χ0v) is 51.5. The molecule has 0 aliphatic heterocycles. The van der Waals surface area contributed by atoms with Crippen molar-refractivity contribution in [2.45, 2.75) is 0 Å². The molecule has 13 aromatic carbocycles. The Morgan fingerprint density at radius 2 is 0.344 bits per heavy atom. The molecule has 12 heteroatoms. The molecule has 0 N–H and O–H groups in total. The third-order valence-electron chi connectivity index (χ3n) is 18.6. The first-order valence-corrected chi connectivity index (χ1v) is 32.1. The Morgan fingerprint density at radius 1 is 0.156 bits per heavy atom. The van der Waals surface area contributed by atoms with E-state index in [2.05, 4.69) is 282 Å². The molecule has 19 rings (SSSR count). The maximum absolute atomic E-state index is 4.93. The van der Waals surface area contributed by atoms with Crippen LogP contribution in [0, 0.1) is 0 Å². The van der Waals surface area contributed by atoms with Gasteiger partial charge in [0.25, 0.3) is 0 Å². The Balaban J connectivity index is 0.871. The number of hydrogen-bond acceptors (Lipinski definition) is 6. The second kappa shape index (κ2) is 22.2. The van der Waals surface area contributed by atoms with E-state index in [9.17, 15) is 0 Å². The van der Waals surface area contributed by atoms with Gasteiger partial charge in [0.2, 0.25) is 0 Å². The van der Waals surface area contributed by atoms with Crippen LogP contribution in [0.2, 0.25) is 0 Å². The highest BCUT2D eigenvalue weighted by Crippen LogP contribution is 2.51. The predicted octanol–water partition coefficient (Wildman–Crippen LogP) is 19.7. The SMILES string of the molecule is c1ccc(-c2nnc(-c3ccc(-n4c5ccccc5c5c4c4c6ccccc6n(-c6ccc(-c7nnc(-c8ccccc8)n7-c7ccccc7)cc6)c4c4c6ccccc6n(-c6ccc(-c7nnc(-c8ccccc8)n7-c7ccccc7)cc6)c54)cc3)n2-c2ccccc2)cc1. The summed E-state index contributed by atoms with van der Waals surface area (Å²) in [6.45, 7) is 0. The average molecular weight is 1230 g/mol. The van der Waals surface area contributed by atoms with Gasteiger partial charge in [-0.25, -0.2) is 0 Å². The van der Waals surface area contributed by atoms with Gasteiger partial charge in [-0.05, 0) is 127 Å². The van der Waals surface area contributed by atoms with Gasteiger partial charge in [0.15, 0.2) is 34.9 Å². The van der Waals surface area contributed by atoms with Crippen LogP contribution in [-0.2, 0) is 0 Å². The Hall–Kier alpha value is -13.3.